The predicted molar refractivity (Wildman–Crippen MR) is 41.1 cm³/mol. The third-order valence-corrected chi connectivity index (χ3v) is 1.89. The normalized spacial score (nSPS) is 32.8. The molecule has 1 aliphatic rings. The molecule has 0 N–H and O–H groups in total. The van der Waals surface area contributed by atoms with Gasteiger partial charge in [-0.3, -0.25) is 0 Å². The van der Waals surface area contributed by atoms with Crippen molar-refractivity contribution in [2.45, 2.75) is 32.1 Å². The predicted octanol–water partition coefficient (Wildman–Crippen LogP) is 2.96. The maximum atomic E-state index is 4.07. The summed E-state index contributed by atoms with van der Waals surface area (Å²) in [4.78, 5) is 0. The molecule has 0 nitrogen and oxygen atoms in total. The Hall–Kier alpha value is -0.260. The highest BCUT2D eigenvalue weighted by Gasteiger charge is 2.01. The third kappa shape index (κ3) is 2.69. The van der Waals surface area contributed by atoms with Crippen molar-refractivity contribution in [2.75, 3.05) is 0 Å². The molecule has 1 atom stereocenters. The van der Waals surface area contributed by atoms with Crippen LogP contribution in [0, 0.1) is 12.8 Å². The Balaban J connectivity index is 2.27. The molecule has 0 spiro atoms. The molecule has 0 aromatic heterocycles. The van der Waals surface area contributed by atoms with Crippen molar-refractivity contribution in [3.05, 3.63) is 19.1 Å². The zero-order valence-electron chi connectivity index (χ0n) is 5.97. The van der Waals surface area contributed by atoms with Crippen LogP contribution in [-0.2, 0) is 0 Å². The minimum Gasteiger partial charge on any atom is -0.0885 e. The quantitative estimate of drug-likeness (QED) is 0.434. The standard InChI is InChI=1S/C9H15/c1-9-7-5-3-2-4-6-8-9/h2-3,9H,1,4-8H2/b3-2-. The van der Waals surface area contributed by atoms with Crippen molar-refractivity contribution < 1.29 is 0 Å². The van der Waals surface area contributed by atoms with Gasteiger partial charge in [0.15, 0.2) is 0 Å². The molecule has 1 radical (unpaired) electrons. The van der Waals surface area contributed by atoms with Gasteiger partial charge in [0.05, 0.1) is 0 Å². The Morgan fingerprint density at radius 1 is 1.11 bits per heavy atom. The van der Waals surface area contributed by atoms with Gasteiger partial charge in [0.25, 0.3) is 0 Å². The molecule has 0 fully saturated rings. The van der Waals surface area contributed by atoms with Crippen LogP contribution in [0.3, 0.4) is 0 Å². The lowest BCUT2D eigenvalue weighted by Gasteiger charge is -2.10. The Morgan fingerprint density at radius 2 is 1.89 bits per heavy atom. The zero-order valence-corrected chi connectivity index (χ0v) is 5.97. The summed E-state index contributed by atoms with van der Waals surface area (Å²) < 4.78 is 0. The van der Waals surface area contributed by atoms with E-state index in [0.717, 1.165) is 5.92 Å². The minimum absolute atomic E-state index is 0.718. The average Bonchev–Trinajstić information content (AvgIpc) is 1.79. The number of rotatable bonds is 0. The molecule has 51 valence electrons. The molecule has 9 heavy (non-hydrogen) atoms. The van der Waals surface area contributed by atoms with Gasteiger partial charge in [0, 0.05) is 0 Å². The number of hydrogen-bond donors (Lipinski definition) is 0. The van der Waals surface area contributed by atoms with Crippen LogP contribution < -0.4 is 0 Å². The van der Waals surface area contributed by atoms with Gasteiger partial charge in [-0.25, -0.2) is 0 Å². The topological polar surface area (TPSA) is 0 Å². The Morgan fingerprint density at radius 3 is 2.78 bits per heavy atom. The maximum absolute atomic E-state index is 4.07. The second-order valence-electron chi connectivity index (χ2n) is 2.85. The van der Waals surface area contributed by atoms with Crippen LogP contribution in [0.5, 0.6) is 0 Å². The molecule has 0 bridgehead atoms. The van der Waals surface area contributed by atoms with Crippen LogP contribution in [0.1, 0.15) is 32.1 Å². The lowest BCUT2D eigenvalue weighted by Crippen LogP contribution is -1.95. The summed E-state index contributed by atoms with van der Waals surface area (Å²) in [5, 5.41) is 0. The molecule has 0 saturated carbocycles. The van der Waals surface area contributed by atoms with Crippen molar-refractivity contribution >= 4 is 0 Å². The van der Waals surface area contributed by atoms with Gasteiger partial charge in [0.2, 0.25) is 0 Å². The van der Waals surface area contributed by atoms with Crippen LogP contribution in [0.4, 0.5) is 0 Å². The van der Waals surface area contributed by atoms with E-state index in [1.54, 1.807) is 0 Å². The van der Waals surface area contributed by atoms with Gasteiger partial charge in [0.1, 0.15) is 0 Å². The van der Waals surface area contributed by atoms with E-state index in [4.69, 9.17) is 0 Å². The Kier molecular flexibility index (Phi) is 2.82. The molecule has 1 aliphatic carbocycles. The molecule has 0 heterocycles. The summed E-state index contributed by atoms with van der Waals surface area (Å²) >= 11 is 0. The van der Waals surface area contributed by atoms with Crippen molar-refractivity contribution in [3.63, 3.8) is 0 Å². The fourth-order valence-corrected chi connectivity index (χ4v) is 1.24. The highest BCUT2D eigenvalue weighted by molar-refractivity contribution is 4.85. The Labute approximate surface area is 58.0 Å². The van der Waals surface area contributed by atoms with Crippen molar-refractivity contribution in [1.82, 2.24) is 0 Å². The first-order valence-corrected chi connectivity index (χ1v) is 3.87. The molecule has 0 saturated heterocycles. The van der Waals surface area contributed by atoms with Gasteiger partial charge in [-0.2, -0.15) is 0 Å². The SMILES string of the molecule is [CH2]C1CC/C=C\CCC1. The summed E-state index contributed by atoms with van der Waals surface area (Å²) in [5.74, 6) is 0.718. The summed E-state index contributed by atoms with van der Waals surface area (Å²) in [6.07, 6.45) is 11.1. The third-order valence-electron chi connectivity index (χ3n) is 1.89. The zero-order chi connectivity index (χ0) is 6.53. The second kappa shape index (κ2) is 3.71. The van der Waals surface area contributed by atoms with E-state index in [1.807, 2.05) is 0 Å². The molecular formula is C9H15. The molecule has 0 amide bonds. The monoisotopic (exact) mass is 123 g/mol. The lowest BCUT2D eigenvalue weighted by molar-refractivity contribution is 0.517. The lowest BCUT2D eigenvalue weighted by atomic mass is 9.96. The van der Waals surface area contributed by atoms with Gasteiger partial charge >= 0.3 is 0 Å². The summed E-state index contributed by atoms with van der Waals surface area (Å²) in [5.41, 5.74) is 0. The van der Waals surface area contributed by atoms with E-state index in [1.165, 1.54) is 32.1 Å². The van der Waals surface area contributed by atoms with E-state index in [9.17, 15) is 0 Å². The van der Waals surface area contributed by atoms with Gasteiger partial charge in [-0.15, -0.1) is 0 Å². The van der Waals surface area contributed by atoms with E-state index in [2.05, 4.69) is 19.1 Å². The largest absolute Gasteiger partial charge is 0.0885 e. The maximum Gasteiger partial charge on any atom is -0.0348 e. The molecule has 0 aromatic carbocycles. The number of hydrogen-bond acceptors (Lipinski definition) is 0. The van der Waals surface area contributed by atoms with Crippen LogP contribution in [0.2, 0.25) is 0 Å². The van der Waals surface area contributed by atoms with E-state index >= 15 is 0 Å². The van der Waals surface area contributed by atoms with Crippen LogP contribution in [-0.4, -0.2) is 0 Å². The summed E-state index contributed by atoms with van der Waals surface area (Å²) in [6.45, 7) is 4.07. The summed E-state index contributed by atoms with van der Waals surface area (Å²) in [6, 6.07) is 0. The van der Waals surface area contributed by atoms with Crippen molar-refractivity contribution in [2.24, 2.45) is 5.92 Å². The van der Waals surface area contributed by atoms with Gasteiger partial charge in [-0.05, 0) is 31.6 Å². The molecule has 1 unspecified atom stereocenters. The van der Waals surface area contributed by atoms with Gasteiger partial charge in [-0.1, -0.05) is 25.5 Å². The minimum atomic E-state index is 0.718. The van der Waals surface area contributed by atoms with Crippen LogP contribution in [0.15, 0.2) is 12.2 Å². The van der Waals surface area contributed by atoms with Crippen LogP contribution in [0.25, 0.3) is 0 Å². The molecule has 0 aromatic rings. The first-order chi connectivity index (χ1) is 4.39. The van der Waals surface area contributed by atoms with E-state index in [0.29, 0.717) is 0 Å². The molecular weight excluding hydrogens is 108 g/mol. The van der Waals surface area contributed by atoms with E-state index in [-0.39, 0.29) is 0 Å². The average molecular weight is 123 g/mol. The second-order valence-corrected chi connectivity index (χ2v) is 2.85. The first-order valence-electron chi connectivity index (χ1n) is 3.87. The highest BCUT2D eigenvalue weighted by atomic mass is 14.1. The van der Waals surface area contributed by atoms with Gasteiger partial charge < -0.3 is 0 Å². The highest BCUT2D eigenvalue weighted by Crippen LogP contribution is 2.16. The molecule has 0 heteroatoms. The fraction of sp³-hybridized carbons (Fsp3) is 0.667. The van der Waals surface area contributed by atoms with Crippen LogP contribution >= 0.6 is 0 Å². The van der Waals surface area contributed by atoms with Crippen molar-refractivity contribution in [1.29, 1.82) is 0 Å². The Bertz CT molecular complexity index is 92.2. The fourth-order valence-electron chi connectivity index (χ4n) is 1.24. The smallest absolute Gasteiger partial charge is 0.0348 e. The molecule has 0 aliphatic heterocycles. The summed E-state index contributed by atoms with van der Waals surface area (Å²) in [7, 11) is 0. The van der Waals surface area contributed by atoms with E-state index < -0.39 is 0 Å². The molecule has 1 rings (SSSR count). The first kappa shape index (κ1) is 6.85. The number of allylic oxidation sites excluding steroid dienone is 2. The van der Waals surface area contributed by atoms with Crippen molar-refractivity contribution in [3.8, 4) is 0 Å².